The molecule has 0 saturated carbocycles. The highest BCUT2D eigenvalue weighted by Crippen LogP contribution is 2.30. The monoisotopic (exact) mass is 182 g/mol. The zero-order chi connectivity index (χ0) is 9.64. The molecule has 2 unspecified atom stereocenters. The Balaban J connectivity index is 2.14. The van der Waals surface area contributed by atoms with Crippen LogP contribution in [0.5, 0.6) is 0 Å². The molecule has 2 saturated heterocycles. The number of rotatable bonds is 0. The van der Waals surface area contributed by atoms with Crippen molar-refractivity contribution in [3.8, 4) is 0 Å². The van der Waals surface area contributed by atoms with E-state index in [1.165, 1.54) is 0 Å². The molecule has 0 aromatic heterocycles. The molecule has 2 atom stereocenters. The summed E-state index contributed by atoms with van der Waals surface area (Å²) in [5, 5.41) is 3.44. The molecular formula is C10H18N2O. The van der Waals surface area contributed by atoms with Crippen molar-refractivity contribution in [1.82, 2.24) is 10.2 Å². The molecule has 0 aromatic rings. The molecular weight excluding hydrogens is 164 g/mol. The van der Waals surface area contributed by atoms with Crippen LogP contribution in [0, 0.1) is 11.3 Å². The molecule has 2 fully saturated rings. The number of hydrogen-bond acceptors (Lipinski definition) is 2. The van der Waals surface area contributed by atoms with Crippen LogP contribution in [0.15, 0.2) is 0 Å². The molecule has 2 rings (SSSR count). The average molecular weight is 182 g/mol. The van der Waals surface area contributed by atoms with E-state index in [0.29, 0.717) is 12.1 Å². The first-order valence-corrected chi connectivity index (χ1v) is 5.03. The van der Waals surface area contributed by atoms with Gasteiger partial charge in [-0.1, -0.05) is 20.8 Å². The lowest BCUT2D eigenvalue weighted by Crippen LogP contribution is -2.56. The third kappa shape index (κ3) is 1.46. The Morgan fingerprint density at radius 2 is 2.23 bits per heavy atom. The normalized spacial score (nSPS) is 37.8. The van der Waals surface area contributed by atoms with Crippen LogP contribution in [0.25, 0.3) is 0 Å². The summed E-state index contributed by atoms with van der Waals surface area (Å²) in [4.78, 5) is 13.7. The van der Waals surface area contributed by atoms with E-state index in [9.17, 15) is 4.79 Å². The van der Waals surface area contributed by atoms with E-state index >= 15 is 0 Å². The Labute approximate surface area is 79.5 Å². The van der Waals surface area contributed by atoms with E-state index in [2.05, 4.69) is 19.2 Å². The number of nitrogens with zero attached hydrogens (tertiary/aromatic N) is 1. The predicted molar refractivity (Wildman–Crippen MR) is 51.1 cm³/mol. The van der Waals surface area contributed by atoms with Crippen LogP contribution < -0.4 is 5.32 Å². The predicted octanol–water partition coefficient (Wildman–Crippen LogP) is 0.810. The molecule has 0 radical (unpaired) electrons. The Bertz CT molecular complexity index is 237. The fraction of sp³-hybridized carbons (Fsp3) is 0.900. The first kappa shape index (κ1) is 9.00. The summed E-state index contributed by atoms with van der Waals surface area (Å²) < 4.78 is 0. The second-order valence-corrected chi connectivity index (χ2v) is 5.16. The van der Waals surface area contributed by atoms with Crippen molar-refractivity contribution in [3.05, 3.63) is 0 Å². The molecule has 2 heterocycles. The van der Waals surface area contributed by atoms with Crippen LogP contribution in [-0.4, -0.2) is 30.1 Å². The van der Waals surface area contributed by atoms with Gasteiger partial charge in [-0.15, -0.1) is 0 Å². The van der Waals surface area contributed by atoms with Gasteiger partial charge < -0.3 is 4.90 Å². The molecule has 2 aliphatic heterocycles. The second kappa shape index (κ2) is 2.71. The standard InChI is InChI=1S/C10H18N2O/c1-7-4-8-11-5-10(2,3)6-12(8)9(7)13/h7-8,11H,4-6H2,1-3H3. The maximum absolute atomic E-state index is 11.7. The minimum absolute atomic E-state index is 0.214. The fourth-order valence-electron chi connectivity index (χ4n) is 2.29. The molecule has 1 N–H and O–H groups in total. The van der Waals surface area contributed by atoms with E-state index in [0.717, 1.165) is 19.5 Å². The summed E-state index contributed by atoms with van der Waals surface area (Å²) >= 11 is 0. The van der Waals surface area contributed by atoms with Gasteiger partial charge in [0.1, 0.15) is 0 Å². The van der Waals surface area contributed by atoms with Crippen LogP contribution in [-0.2, 0) is 4.79 Å². The number of amides is 1. The highest BCUT2D eigenvalue weighted by molar-refractivity contribution is 5.81. The fourth-order valence-corrected chi connectivity index (χ4v) is 2.29. The van der Waals surface area contributed by atoms with Crippen molar-refractivity contribution in [2.75, 3.05) is 13.1 Å². The van der Waals surface area contributed by atoms with Gasteiger partial charge in [-0.25, -0.2) is 0 Å². The topological polar surface area (TPSA) is 32.3 Å². The van der Waals surface area contributed by atoms with Gasteiger partial charge in [0.15, 0.2) is 0 Å². The SMILES string of the molecule is CC1CC2NCC(C)(C)CN2C1=O. The van der Waals surface area contributed by atoms with E-state index in [1.54, 1.807) is 0 Å². The van der Waals surface area contributed by atoms with Gasteiger partial charge in [0.25, 0.3) is 0 Å². The Hall–Kier alpha value is -0.570. The lowest BCUT2D eigenvalue weighted by Gasteiger charge is -2.40. The van der Waals surface area contributed by atoms with Gasteiger partial charge in [0, 0.05) is 19.0 Å². The Kier molecular flexibility index (Phi) is 1.88. The Morgan fingerprint density at radius 1 is 1.54 bits per heavy atom. The average Bonchev–Trinajstić information content (AvgIpc) is 2.29. The molecule has 13 heavy (non-hydrogen) atoms. The molecule has 1 amide bonds. The van der Waals surface area contributed by atoms with Gasteiger partial charge in [-0.2, -0.15) is 0 Å². The third-order valence-electron chi connectivity index (χ3n) is 3.07. The summed E-state index contributed by atoms with van der Waals surface area (Å²) in [5.74, 6) is 0.539. The van der Waals surface area contributed by atoms with Crippen molar-refractivity contribution in [2.45, 2.75) is 33.4 Å². The number of fused-ring (bicyclic) bond motifs is 1. The molecule has 2 aliphatic rings. The van der Waals surface area contributed by atoms with Crippen molar-refractivity contribution in [1.29, 1.82) is 0 Å². The lowest BCUT2D eigenvalue weighted by molar-refractivity contribution is -0.134. The maximum atomic E-state index is 11.7. The molecule has 3 nitrogen and oxygen atoms in total. The summed E-state index contributed by atoms with van der Waals surface area (Å²) in [6, 6.07) is 0. The number of hydrogen-bond donors (Lipinski definition) is 1. The van der Waals surface area contributed by atoms with Crippen molar-refractivity contribution >= 4 is 5.91 Å². The second-order valence-electron chi connectivity index (χ2n) is 5.16. The van der Waals surface area contributed by atoms with Crippen molar-refractivity contribution in [3.63, 3.8) is 0 Å². The van der Waals surface area contributed by atoms with Crippen LogP contribution >= 0.6 is 0 Å². The van der Waals surface area contributed by atoms with Gasteiger partial charge in [-0.05, 0) is 11.8 Å². The summed E-state index contributed by atoms with van der Waals surface area (Å²) in [7, 11) is 0. The number of carbonyl (C=O) groups is 1. The van der Waals surface area contributed by atoms with Crippen LogP contribution in [0.3, 0.4) is 0 Å². The zero-order valence-electron chi connectivity index (χ0n) is 8.63. The maximum Gasteiger partial charge on any atom is 0.226 e. The molecule has 0 bridgehead atoms. The largest absolute Gasteiger partial charge is 0.326 e. The van der Waals surface area contributed by atoms with Gasteiger partial charge in [0.05, 0.1) is 6.17 Å². The number of nitrogens with one attached hydrogen (secondary N) is 1. The van der Waals surface area contributed by atoms with Crippen molar-refractivity contribution < 1.29 is 4.79 Å². The first-order valence-electron chi connectivity index (χ1n) is 5.03. The minimum Gasteiger partial charge on any atom is -0.326 e. The van der Waals surface area contributed by atoms with Crippen LogP contribution in [0.4, 0.5) is 0 Å². The van der Waals surface area contributed by atoms with Gasteiger partial charge in [0.2, 0.25) is 5.91 Å². The van der Waals surface area contributed by atoms with E-state index in [4.69, 9.17) is 0 Å². The first-order chi connectivity index (χ1) is 5.99. The molecule has 3 heteroatoms. The quantitative estimate of drug-likeness (QED) is 0.601. The highest BCUT2D eigenvalue weighted by Gasteiger charge is 2.42. The Morgan fingerprint density at radius 3 is 2.92 bits per heavy atom. The molecule has 0 aromatic carbocycles. The molecule has 0 spiro atoms. The molecule has 0 aliphatic carbocycles. The summed E-state index contributed by atoms with van der Waals surface area (Å²) in [6.45, 7) is 8.36. The van der Waals surface area contributed by atoms with Gasteiger partial charge in [-0.3, -0.25) is 10.1 Å². The minimum atomic E-state index is 0.214. The molecule has 74 valence electrons. The summed E-state index contributed by atoms with van der Waals surface area (Å²) in [5.41, 5.74) is 0.232. The lowest BCUT2D eigenvalue weighted by atomic mass is 9.90. The smallest absolute Gasteiger partial charge is 0.226 e. The zero-order valence-corrected chi connectivity index (χ0v) is 8.63. The van der Waals surface area contributed by atoms with Crippen LogP contribution in [0.2, 0.25) is 0 Å². The van der Waals surface area contributed by atoms with Gasteiger partial charge >= 0.3 is 0 Å². The van der Waals surface area contributed by atoms with E-state index in [-0.39, 0.29) is 11.3 Å². The van der Waals surface area contributed by atoms with Crippen molar-refractivity contribution in [2.24, 2.45) is 11.3 Å². The van der Waals surface area contributed by atoms with Crippen LogP contribution in [0.1, 0.15) is 27.2 Å². The van der Waals surface area contributed by atoms with E-state index < -0.39 is 0 Å². The summed E-state index contributed by atoms with van der Waals surface area (Å²) in [6.07, 6.45) is 1.30. The third-order valence-corrected chi connectivity index (χ3v) is 3.07. The van der Waals surface area contributed by atoms with E-state index in [1.807, 2.05) is 11.8 Å². The number of carbonyl (C=O) groups excluding carboxylic acids is 1. The highest BCUT2D eigenvalue weighted by atomic mass is 16.2.